The fraction of sp³-hybridized carbons (Fsp3) is 0.833. The number of rotatable bonds is 4. The quantitative estimate of drug-likeness (QED) is 0.541. The largest absolute Gasteiger partial charge is 0.392 e. The van der Waals surface area contributed by atoms with Crippen LogP contribution in [0, 0.1) is 0 Å². The first-order valence-electron chi connectivity index (χ1n) is 5.42. The fourth-order valence-corrected chi connectivity index (χ4v) is 2.72. The van der Waals surface area contributed by atoms with Crippen molar-refractivity contribution in [2.75, 3.05) is 0 Å². The summed E-state index contributed by atoms with van der Waals surface area (Å²) in [5.74, 6) is 0. The zero-order valence-electron chi connectivity index (χ0n) is 11.2. The fourth-order valence-electron chi connectivity index (χ4n) is 0.907. The topological polar surface area (TPSA) is 18.5 Å². The first kappa shape index (κ1) is 14.9. The van der Waals surface area contributed by atoms with Gasteiger partial charge in [0.15, 0.2) is 0 Å². The number of allylic oxidation sites excluding steroid dienone is 1. The smallest absolute Gasteiger partial charge is 0.388 e. The third kappa shape index (κ3) is 7.77. The molecular formula is C12H25O2Si. The summed E-state index contributed by atoms with van der Waals surface area (Å²) in [4.78, 5) is 0. The minimum Gasteiger partial charge on any atom is -0.388 e. The normalized spacial score (nSPS) is 15.5. The van der Waals surface area contributed by atoms with Gasteiger partial charge in [-0.15, -0.1) is 6.58 Å². The van der Waals surface area contributed by atoms with E-state index in [1.165, 1.54) is 0 Å². The van der Waals surface area contributed by atoms with Gasteiger partial charge in [0.1, 0.15) is 0 Å². The molecule has 1 unspecified atom stereocenters. The van der Waals surface area contributed by atoms with E-state index < -0.39 is 9.28 Å². The molecule has 2 nitrogen and oxygen atoms in total. The first-order valence-corrected chi connectivity index (χ1v) is 6.82. The van der Waals surface area contributed by atoms with Gasteiger partial charge in [-0.1, -0.05) is 13.0 Å². The molecule has 89 valence electrons. The zero-order chi connectivity index (χ0) is 12.3. The molecule has 0 saturated heterocycles. The molecule has 0 aromatic carbocycles. The van der Waals surface area contributed by atoms with Crippen LogP contribution < -0.4 is 0 Å². The summed E-state index contributed by atoms with van der Waals surface area (Å²) in [5, 5.41) is 0. The highest BCUT2D eigenvalue weighted by Crippen LogP contribution is 2.23. The molecule has 0 saturated carbocycles. The van der Waals surface area contributed by atoms with E-state index in [2.05, 4.69) is 55.0 Å². The van der Waals surface area contributed by atoms with Gasteiger partial charge in [0.25, 0.3) is 0 Å². The Hall–Kier alpha value is -0.123. The Labute approximate surface area is 96.5 Å². The lowest BCUT2D eigenvalue weighted by Gasteiger charge is -2.32. The molecule has 15 heavy (non-hydrogen) atoms. The van der Waals surface area contributed by atoms with Crippen molar-refractivity contribution >= 4 is 9.28 Å². The summed E-state index contributed by atoms with van der Waals surface area (Å²) in [6.45, 7) is 18.2. The maximum atomic E-state index is 5.97. The second kappa shape index (κ2) is 5.28. The van der Waals surface area contributed by atoms with E-state index in [0.29, 0.717) is 0 Å². The van der Waals surface area contributed by atoms with Crippen molar-refractivity contribution in [1.29, 1.82) is 0 Å². The van der Waals surface area contributed by atoms with Gasteiger partial charge in [0.05, 0.1) is 11.2 Å². The van der Waals surface area contributed by atoms with Crippen molar-refractivity contribution in [3.63, 3.8) is 0 Å². The first-order chi connectivity index (χ1) is 6.55. The van der Waals surface area contributed by atoms with Gasteiger partial charge in [0, 0.05) is 5.54 Å². The molecule has 1 radical (unpaired) electrons. The lowest BCUT2D eigenvalue weighted by molar-refractivity contribution is 0.0316. The predicted octanol–water partition coefficient (Wildman–Crippen LogP) is 3.68. The molecule has 0 aromatic rings. The second-order valence-corrected chi connectivity index (χ2v) is 7.73. The van der Waals surface area contributed by atoms with Crippen LogP contribution in [0.1, 0.15) is 48.5 Å². The van der Waals surface area contributed by atoms with Crippen LogP contribution in [-0.2, 0) is 8.85 Å². The lowest BCUT2D eigenvalue weighted by Crippen LogP contribution is -2.40. The molecule has 0 aliphatic carbocycles. The molecule has 0 aliphatic heterocycles. The van der Waals surface area contributed by atoms with Crippen molar-refractivity contribution in [3.8, 4) is 0 Å². The minimum absolute atomic E-state index is 0.156. The molecule has 0 fully saturated rings. The van der Waals surface area contributed by atoms with Crippen LogP contribution in [0.25, 0.3) is 0 Å². The van der Waals surface area contributed by atoms with E-state index in [-0.39, 0.29) is 16.7 Å². The van der Waals surface area contributed by atoms with Gasteiger partial charge in [-0.05, 0) is 41.5 Å². The molecule has 0 heterocycles. The Bertz CT molecular complexity index is 185. The van der Waals surface area contributed by atoms with Gasteiger partial charge in [0.2, 0.25) is 0 Å². The van der Waals surface area contributed by atoms with Crippen LogP contribution in [0.4, 0.5) is 0 Å². The maximum absolute atomic E-state index is 5.97. The van der Waals surface area contributed by atoms with E-state index in [9.17, 15) is 0 Å². The molecule has 1 atom stereocenters. The Kier molecular flexibility index (Phi) is 5.24. The van der Waals surface area contributed by atoms with Crippen molar-refractivity contribution in [3.05, 3.63) is 12.7 Å². The average molecular weight is 229 g/mol. The average Bonchev–Trinajstić information content (AvgIpc) is 1.96. The summed E-state index contributed by atoms with van der Waals surface area (Å²) in [6.07, 6.45) is 1.91. The molecule has 0 N–H and O–H groups in total. The van der Waals surface area contributed by atoms with Gasteiger partial charge >= 0.3 is 9.28 Å². The third-order valence-electron chi connectivity index (χ3n) is 1.54. The highest BCUT2D eigenvalue weighted by molar-refractivity contribution is 6.47. The summed E-state index contributed by atoms with van der Waals surface area (Å²) in [6, 6.07) is 0. The Morgan fingerprint density at radius 2 is 1.33 bits per heavy atom. The summed E-state index contributed by atoms with van der Waals surface area (Å²) in [7, 11) is -1.31. The molecular weight excluding hydrogens is 204 g/mol. The zero-order valence-corrected chi connectivity index (χ0v) is 12.2. The van der Waals surface area contributed by atoms with E-state index in [4.69, 9.17) is 8.85 Å². The third-order valence-corrected chi connectivity index (χ3v) is 4.15. The second-order valence-electron chi connectivity index (χ2n) is 5.77. The molecule has 0 aliphatic rings. The van der Waals surface area contributed by atoms with E-state index in [0.717, 1.165) is 0 Å². The Morgan fingerprint density at radius 1 is 1.00 bits per heavy atom. The molecule has 0 bridgehead atoms. The molecule has 0 amide bonds. The van der Waals surface area contributed by atoms with Gasteiger partial charge in [-0.25, -0.2) is 0 Å². The van der Waals surface area contributed by atoms with Crippen molar-refractivity contribution in [2.45, 2.75) is 65.2 Å². The van der Waals surface area contributed by atoms with E-state index in [1.807, 2.05) is 6.08 Å². The van der Waals surface area contributed by atoms with Crippen LogP contribution >= 0.6 is 0 Å². The van der Waals surface area contributed by atoms with Crippen LogP contribution in [-0.4, -0.2) is 20.5 Å². The van der Waals surface area contributed by atoms with Crippen LogP contribution in [0.2, 0.25) is 5.54 Å². The van der Waals surface area contributed by atoms with Crippen LogP contribution in [0.5, 0.6) is 0 Å². The maximum Gasteiger partial charge on any atom is 0.392 e. The van der Waals surface area contributed by atoms with Gasteiger partial charge in [-0.2, -0.15) is 0 Å². The lowest BCUT2D eigenvalue weighted by atomic mass is 10.2. The summed E-state index contributed by atoms with van der Waals surface area (Å²) >= 11 is 0. The van der Waals surface area contributed by atoms with Crippen molar-refractivity contribution in [1.82, 2.24) is 0 Å². The number of hydrogen-bond acceptors (Lipinski definition) is 2. The summed E-state index contributed by atoms with van der Waals surface area (Å²) < 4.78 is 11.9. The van der Waals surface area contributed by atoms with Crippen molar-refractivity contribution < 1.29 is 8.85 Å². The van der Waals surface area contributed by atoms with Gasteiger partial charge < -0.3 is 8.85 Å². The van der Waals surface area contributed by atoms with Crippen LogP contribution in [0.15, 0.2) is 12.7 Å². The SMILES string of the molecule is C=CC(C)[Si](OC(C)(C)C)OC(C)(C)C. The molecule has 0 aromatic heterocycles. The van der Waals surface area contributed by atoms with Crippen molar-refractivity contribution in [2.24, 2.45) is 0 Å². The number of hydrogen-bond donors (Lipinski definition) is 0. The van der Waals surface area contributed by atoms with Gasteiger partial charge in [-0.3, -0.25) is 0 Å². The molecule has 0 spiro atoms. The standard InChI is InChI=1S/C12H25O2Si/c1-9-10(2)15(13-11(3,4)5)14-12(6,7)8/h9-10H,1H2,2-8H3. The Balaban J connectivity index is 4.53. The van der Waals surface area contributed by atoms with E-state index >= 15 is 0 Å². The predicted molar refractivity (Wildman–Crippen MR) is 67.1 cm³/mol. The minimum atomic E-state index is -1.31. The summed E-state index contributed by atoms with van der Waals surface area (Å²) in [5.41, 5.74) is -0.0263. The monoisotopic (exact) mass is 229 g/mol. The highest BCUT2D eigenvalue weighted by Gasteiger charge is 2.31. The molecule has 0 rings (SSSR count). The Morgan fingerprint density at radius 3 is 1.53 bits per heavy atom. The van der Waals surface area contributed by atoms with E-state index in [1.54, 1.807) is 0 Å². The highest BCUT2D eigenvalue weighted by atomic mass is 28.3. The van der Waals surface area contributed by atoms with Crippen LogP contribution in [0.3, 0.4) is 0 Å². The molecule has 3 heteroatoms.